The maximum atomic E-state index is 11.8. The highest BCUT2D eigenvalue weighted by molar-refractivity contribution is 7.94. The van der Waals surface area contributed by atoms with Crippen molar-refractivity contribution in [1.82, 2.24) is 4.31 Å². The molecule has 0 aromatic carbocycles. The second-order valence-electron chi connectivity index (χ2n) is 4.87. The highest BCUT2D eigenvalue weighted by atomic mass is 32.2. The van der Waals surface area contributed by atoms with Gasteiger partial charge in [0, 0.05) is 6.61 Å². The summed E-state index contributed by atoms with van der Waals surface area (Å²) >= 11 is 0. The van der Waals surface area contributed by atoms with Crippen molar-refractivity contribution in [3.63, 3.8) is 0 Å². The molecule has 1 heterocycles. The summed E-state index contributed by atoms with van der Waals surface area (Å²) in [7, 11) is -3.56. The van der Waals surface area contributed by atoms with Crippen LogP contribution >= 0.6 is 0 Å². The molecule has 88 valence electrons. The second kappa shape index (κ2) is 3.18. The molecule has 0 aliphatic carbocycles. The van der Waals surface area contributed by atoms with E-state index >= 15 is 0 Å². The van der Waals surface area contributed by atoms with Crippen molar-refractivity contribution in [2.45, 2.75) is 44.4 Å². The summed E-state index contributed by atoms with van der Waals surface area (Å²) in [6.07, 6.45) is 0.244. The van der Waals surface area contributed by atoms with Crippen LogP contribution in [0.25, 0.3) is 0 Å². The van der Waals surface area contributed by atoms with Crippen molar-refractivity contribution in [3.05, 3.63) is 0 Å². The fourth-order valence-electron chi connectivity index (χ4n) is 1.63. The van der Waals surface area contributed by atoms with Crippen LogP contribution in [0.2, 0.25) is 0 Å². The smallest absolute Gasteiger partial charge is 0.259 e. The van der Waals surface area contributed by atoms with Gasteiger partial charge in [0.25, 0.3) is 15.9 Å². The zero-order valence-corrected chi connectivity index (χ0v) is 10.3. The van der Waals surface area contributed by atoms with Gasteiger partial charge in [-0.15, -0.1) is 0 Å². The van der Waals surface area contributed by atoms with E-state index in [2.05, 4.69) is 0 Å². The van der Waals surface area contributed by atoms with Crippen LogP contribution in [0.5, 0.6) is 0 Å². The Bertz CT molecular complexity index is 383. The van der Waals surface area contributed by atoms with Crippen LogP contribution in [0, 0.1) is 0 Å². The van der Waals surface area contributed by atoms with Gasteiger partial charge in [0.05, 0.1) is 5.54 Å². The van der Waals surface area contributed by atoms with E-state index in [4.69, 9.17) is 5.11 Å². The molecule has 5 nitrogen and oxygen atoms in total. The highest BCUT2D eigenvalue weighted by Gasteiger charge is 2.64. The van der Waals surface area contributed by atoms with Crippen molar-refractivity contribution >= 4 is 15.9 Å². The molecule has 1 amide bonds. The largest absolute Gasteiger partial charge is 0.396 e. The average molecular weight is 235 g/mol. The molecule has 1 fully saturated rings. The summed E-state index contributed by atoms with van der Waals surface area (Å²) in [5.41, 5.74) is -0.847. The minimum atomic E-state index is -3.56. The molecule has 0 atom stereocenters. The summed E-state index contributed by atoms with van der Waals surface area (Å²) in [4.78, 5) is 11.7. The predicted molar refractivity (Wildman–Crippen MR) is 55.6 cm³/mol. The fraction of sp³-hybridized carbons (Fsp3) is 0.889. The van der Waals surface area contributed by atoms with Crippen molar-refractivity contribution in [2.24, 2.45) is 0 Å². The van der Waals surface area contributed by atoms with Gasteiger partial charge in [-0.1, -0.05) is 0 Å². The van der Waals surface area contributed by atoms with Crippen LogP contribution in [0.15, 0.2) is 0 Å². The first kappa shape index (κ1) is 12.4. The molecule has 0 aromatic heterocycles. The molecule has 0 saturated carbocycles. The van der Waals surface area contributed by atoms with Gasteiger partial charge in [-0.2, -0.15) is 0 Å². The lowest BCUT2D eigenvalue weighted by Gasteiger charge is -2.50. The normalized spacial score (nSPS) is 23.8. The molecule has 0 bridgehead atoms. The minimum Gasteiger partial charge on any atom is -0.396 e. The SMILES string of the molecule is CC(C)(CCO)N1C(=O)C(C)(C)S1(=O)=O. The number of carbonyl (C=O) groups excluding carboxylic acids is 1. The van der Waals surface area contributed by atoms with Gasteiger partial charge in [0.2, 0.25) is 0 Å². The molecule has 1 aliphatic rings. The Labute approximate surface area is 90.1 Å². The van der Waals surface area contributed by atoms with E-state index in [-0.39, 0.29) is 13.0 Å². The summed E-state index contributed by atoms with van der Waals surface area (Å²) in [5.74, 6) is -0.402. The van der Waals surface area contributed by atoms with Crippen LogP contribution in [-0.4, -0.2) is 40.6 Å². The zero-order chi connectivity index (χ0) is 12.1. The molecule has 1 aliphatic heterocycles. The summed E-state index contributed by atoms with van der Waals surface area (Å²) < 4.78 is 23.2. The van der Waals surface area contributed by atoms with E-state index in [0.717, 1.165) is 4.31 Å². The van der Waals surface area contributed by atoms with Crippen LogP contribution in [-0.2, 0) is 14.8 Å². The summed E-state index contributed by atoms with van der Waals surface area (Å²) in [5, 5.41) is 8.82. The van der Waals surface area contributed by atoms with Gasteiger partial charge in [0.15, 0.2) is 4.75 Å². The Kier molecular flexibility index (Phi) is 2.64. The molecule has 6 heteroatoms. The van der Waals surface area contributed by atoms with Crippen LogP contribution in [0.3, 0.4) is 0 Å². The van der Waals surface area contributed by atoms with E-state index in [9.17, 15) is 13.2 Å². The van der Waals surface area contributed by atoms with E-state index in [1.807, 2.05) is 0 Å². The Balaban J connectivity index is 3.08. The second-order valence-corrected chi connectivity index (χ2v) is 7.21. The van der Waals surface area contributed by atoms with Gasteiger partial charge in [-0.05, 0) is 34.1 Å². The van der Waals surface area contributed by atoms with Crippen molar-refractivity contribution in [3.8, 4) is 0 Å². The lowest BCUT2D eigenvalue weighted by molar-refractivity contribution is -0.136. The van der Waals surface area contributed by atoms with Crippen molar-refractivity contribution in [2.75, 3.05) is 6.61 Å². The standard InChI is InChI=1S/C9H17NO4S/c1-8(2,5-6-11)10-7(12)9(3,4)15(10,13)14/h11H,5-6H2,1-4H3. The average Bonchev–Trinajstić information content (AvgIpc) is 2.02. The number of hydrogen-bond acceptors (Lipinski definition) is 4. The molecule has 0 spiro atoms. The highest BCUT2D eigenvalue weighted by Crippen LogP contribution is 2.41. The van der Waals surface area contributed by atoms with Crippen LogP contribution in [0.1, 0.15) is 34.1 Å². The molecule has 15 heavy (non-hydrogen) atoms. The Hall–Kier alpha value is -0.620. The maximum Gasteiger partial charge on any atom is 0.259 e. The maximum absolute atomic E-state index is 11.8. The molecule has 1 rings (SSSR count). The molecule has 0 unspecified atom stereocenters. The third-order valence-corrected chi connectivity index (χ3v) is 5.46. The number of hydrogen-bond donors (Lipinski definition) is 1. The lowest BCUT2D eigenvalue weighted by atomic mass is 9.99. The van der Waals surface area contributed by atoms with E-state index in [1.165, 1.54) is 13.8 Å². The molecular weight excluding hydrogens is 218 g/mol. The van der Waals surface area contributed by atoms with Crippen LogP contribution < -0.4 is 0 Å². The van der Waals surface area contributed by atoms with Gasteiger partial charge in [-0.25, -0.2) is 12.7 Å². The lowest BCUT2D eigenvalue weighted by Crippen LogP contribution is -2.72. The molecule has 1 saturated heterocycles. The zero-order valence-electron chi connectivity index (χ0n) is 9.44. The molecule has 0 aromatic rings. The number of rotatable bonds is 3. The number of carbonyl (C=O) groups is 1. The number of aliphatic hydroxyl groups is 1. The molecular formula is C9H17NO4S. The monoisotopic (exact) mass is 235 g/mol. The fourth-order valence-corrected chi connectivity index (χ4v) is 3.45. The Morgan fingerprint density at radius 1 is 1.40 bits per heavy atom. The first-order valence-corrected chi connectivity index (χ1v) is 6.23. The van der Waals surface area contributed by atoms with E-state index in [0.29, 0.717) is 0 Å². The van der Waals surface area contributed by atoms with Gasteiger partial charge < -0.3 is 5.11 Å². The van der Waals surface area contributed by atoms with Gasteiger partial charge in [0.1, 0.15) is 0 Å². The number of sulfonamides is 1. The van der Waals surface area contributed by atoms with Crippen molar-refractivity contribution in [1.29, 1.82) is 0 Å². The topological polar surface area (TPSA) is 74.7 Å². The quantitative estimate of drug-likeness (QED) is 0.752. The minimum absolute atomic E-state index is 0.146. The number of aliphatic hydroxyl groups excluding tert-OH is 1. The number of amides is 1. The first-order chi connectivity index (χ1) is 6.59. The van der Waals surface area contributed by atoms with Crippen molar-refractivity contribution < 1.29 is 18.3 Å². The third kappa shape index (κ3) is 1.47. The Morgan fingerprint density at radius 3 is 2.20 bits per heavy atom. The van der Waals surface area contributed by atoms with Gasteiger partial charge >= 0.3 is 0 Å². The van der Waals surface area contributed by atoms with E-state index in [1.54, 1.807) is 13.8 Å². The molecule has 1 N–H and O–H groups in total. The molecule has 0 radical (unpaired) electrons. The van der Waals surface area contributed by atoms with Gasteiger partial charge in [-0.3, -0.25) is 4.79 Å². The number of nitrogens with zero attached hydrogens (tertiary/aromatic N) is 1. The van der Waals surface area contributed by atoms with E-state index < -0.39 is 26.2 Å². The summed E-state index contributed by atoms with van der Waals surface area (Å²) in [6, 6.07) is 0. The predicted octanol–water partition coefficient (Wildman–Crippen LogP) is 0.0980. The summed E-state index contributed by atoms with van der Waals surface area (Å²) in [6.45, 7) is 5.92. The van der Waals surface area contributed by atoms with Crippen LogP contribution in [0.4, 0.5) is 0 Å². The first-order valence-electron chi connectivity index (χ1n) is 4.79. The Morgan fingerprint density at radius 2 is 1.87 bits per heavy atom. The third-order valence-electron chi connectivity index (χ3n) is 2.86.